The van der Waals surface area contributed by atoms with E-state index in [9.17, 15) is 49.1 Å². The molecule has 1 fully saturated rings. The summed E-state index contributed by atoms with van der Waals surface area (Å²) in [6.07, 6.45) is -14.8. The Labute approximate surface area is 246 Å². The standard InChI is InChI=1S/C29H29F9N2O4/c1-3-4-9-44-26(42)40-22-8-7-18(27(30,31)32)13-21(22)24(14-23(40)17-5-6-17)39(25(41)43-2)15-16-10-19(28(33,34)35)12-20(11-16)29(36,37)38/h7-8,10-13,17,23-24H,3-6,9,14-15H2,1-2H3/t23-,24-/m0/s1. The molecule has 2 aliphatic rings. The minimum absolute atomic E-state index is 0.0124. The molecule has 2 amide bonds. The molecule has 6 nitrogen and oxygen atoms in total. The molecular weight excluding hydrogens is 611 g/mol. The highest BCUT2D eigenvalue weighted by atomic mass is 19.4. The molecule has 0 radical (unpaired) electrons. The molecule has 0 saturated heterocycles. The number of nitrogens with zero attached hydrogens (tertiary/aromatic N) is 2. The monoisotopic (exact) mass is 640 g/mol. The molecule has 0 aromatic heterocycles. The molecule has 2 aromatic carbocycles. The molecule has 44 heavy (non-hydrogen) atoms. The lowest BCUT2D eigenvalue weighted by Crippen LogP contribution is -2.50. The van der Waals surface area contributed by atoms with Gasteiger partial charge in [-0.1, -0.05) is 13.3 Å². The lowest BCUT2D eigenvalue weighted by atomic mass is 9.86. The number of benzene rings is 2. The summed E-state index contributed by atoms with van der Waals surface area (Å²) < 4.78 is 133. The van der Waals surface area contributed by atoms with Gasteiger partial charge in [0.25, 0.3) is 0 Å². The van der Waals surface area contributed by atoms with E-state index in [4.69, 9.17) is 9.47 Å². The third-order valence-corrected chi connectivity index (χ3v) is 7.64. The first kappa shape index (κ1) is 33.2. The van der Waals surface area contributed by atoms with Crippen LogP contribution in [0.4, 0.5) is 54.8 Å². The fraction of sp³-hybridized carbons (Fsp3) is 0.517. The third kappa shape index (κ3) is 7.34. The molecule has 1 heterocycles. The number of alkyl halides is 9. The maximum Gasteiger partial charge on any atom is 0.416 e. The van der Waals surface area contributed by atoms with E-state index in [1.807, 2.05) is 6.92 Å². The molecule has 2 atom stereocenters. The second-order valence-electron chi connectivity index (χ2n) is 10.8. The Kier molecular flexibility index (Phi) is 9.36. The zero-order valence-corrected chi connectivity index (χ0v) is 23.6. The Morgan fingerprint density at radius 2 is 1.48 bits per heavy atom. The summed E-state index contributed by atoms with van der Waals surface area (Å²) in [5, 5.41) is 0. The minimum atomic E-state index is -5.17. The van der Waals surface area contributed by atoms with E-state index < -0.39 is 71.6 Å². The first-order chi connectivity index (χ1) is 20.5. The fourth-order valence-electron chi connectivity index (χ4n) is 5.37. The van der Waals surface area contributed by atoms with Crippen molar-refractivity contribution in [2.24, 2.45) is 5.92 Å². The summed E-state index contributed by atoms with van der Waals surface area (Å²) in [5.41, 5.74) is -5.14. The topological polar surface area (TPSA) is 59.1 Å². The van der Waals surface area contributed by atoms with Crippen LogP contribution >= 0.6 is 0 Å². The zero-order valence-electron chi connectivity index (χ0n) is 23.6. The average Bonchev–Trinajstić information content (AvgIpc) is 3.78. The summed E-state index contributed by atoms with van der Waals surface area (Å²) in [7, 11) is 0.925. The molecule has 0 N–H and O–H groups in total. The van der Waals surface area contributed by atoms with E-state index in [0.717, 1.165) is 30.2 Å². The van der Waals surface area contributed by atoms with Crippen LogP contribution in [0.1, 0.15) is 72.9 Å². The maximum atomic E-state index is 13.8. The van der Waals surface area contributed by atoms with Gasteiger partial charge in [-0.2, -0.15) is 39.5 Å². The van der Waals surface area contributed by atoms with Gasteiger partial charge in [-0.15, -0.1) is 0 Å². The lowest BCUT2D eigenvalue weighted by Gasteiger charge is -2.44. The number of rotatable bonds is 7. The molecule has 1 aliphatic carbocycles. The first-order valence-corrected chi connectivity index (χ1v) is 13.8. The number of carbonyl (C=O) groups is 2. The Bertz CT molecular complexity index is 1340. The van der Waals surface area contributed by atoms with E-state index in [1.54, 1.807) is 0 Å². The molecule has 0 unspecified atom stereocenters. The maximum absolute atomic E-state index is 13.8. The van der Waals surface area contributed by atoms with E-state index in [1.165, 1.54) is 4.90 Å². The quantitative estimate of drug-likeness (QED) is 0.224. The molecule has 1 aliphatic heterocycles. The normalized spacial score (nSPS) is 18.9. The van der Waals surface area contributed by atoms with Crippen LogP contribution in [0, 0.1) is 5.92 Å². The number of anilines is 1. The third-order valence-electron chi connectivity index (χ3n) is 7.64. The van der Waals surface area contributed by atoms with Gasteiger partial charge in [0, 0.05) is 12.6 Å². The SMILES string of the molecule is CCCCOC(=O)N1c2ccc(C(F)(F)F)cc2[C@@H](N(Cc2cc(C(F)(F)F)cc(C(F)(F)F)c2)C(=O)OC)C[C@H]1C1CC1. The van der Waals surface area contributed by atoms with Crippen molar-refractivity contribution >= 4 is 17.9 Å². The number of halogens is 9. The van der Waals surface area contributed by atoms with Gasteiger partial charge in [0.2, 0.25) is 0 Å². The number of ether oxygens (including phenoxy) is 2. The lowest BCUT2D eigenvalue weighted by molar-refractivity contribution is -0.143. The number of unbranched alkanes of at least 4 members (excludes halogenated alkanes) is 1. The first-order valence-electron chi connectivity index (χ1n) is 13.8. The number of amides is 2. The van der Waals surface area contributed by atoms with Crippen LogP contribution in [0.2, 0.25) is 0 Å². The van der Waals surface area contributed by atoms with Crippen LogP contribution in [0.5, 0.6) is 0 Å². The van der Waals surface area contributed by atoms with Gasteiger partial charge in [0.15, 0.2) is 0 Å². The van der Waals surface area contributed by atoms with Crippen LogP contribution in [0.3, 0.4) is 0 Å². The van der Waals surface area contributed by atoms with Crippen molar-refractivity contribution in [1.82, 2.24) is 4.90 Å². The highest BCUT2D eigenvalue weighted by Gasteiger charge is 2.48. The largest absolute Gasteiger partial charge is 0.453 e. The van der Waals surface area contributed by atoms with E-state index in [-0.39, 0.29) is 36.3 Å². The molecule has 0 spiro atoms. The Morgan fingerprint density at radius 3 is 1.98 bits per heavy atom. The van der Waals surface area contributed by atoms with Gasteiger partial charge in [0.1, 0.15) is 0 Å². The van der Waals surface area contributed by atoms with Crippen molar-refractivity contribution in [2.75, 3.05) is 18.6 Å². The van der Waals surface area contributed by atoms with Gasteiger partial charge in [-0.05, 0) is 79.1 Å². The van der Waals surface area contributed by atoms with Gasteiger partial charge in [0.05, 0.1) is 42.1 Å². The minimum Gasteiger partial charge on any atom is -0.453 e. The van der Waals surface area contributed by atoms with Crippen molar-refractivity contribution in [3.05, 3.63) is 64.2 Å². The Morgan fingerprint density at radius 1 is 0.886 bits per heavy atom. The molecular formula is C29H29F9N2O4. The van der Waals surface area contributed by atoms with Crippen molar-refractivity contribution in [3.8, 4) is 0 Å². The summed E-state index contributed by atoms with van der Waals surface area (Å²) in [6.45, 7) is 1.05. The molecule has 242 valence electrons. The molecule has 1 saturated carbocycles. The highest BCUT2D eigenvalue weighted by Crippen LogP contribution is 2.50. The van der Waals surface area contributed by atoms with Crippen molar-refractivity contribution in [2.45, 2.75) is 76.2 Å². The molecule has 15 heteroatoms. The number of fused-ring (bicyclic) bond motifs is 1. The number of methoxy groups -OCH3 is 1. The van der Waals surface area contributed by atoms with E-state index in [2.05, 4.69) is 0 Å². The van der Waals surface area contributed by atoms with Gasteiger partial charge in [-0.25, -0.2) is 9.59 Å². The zero-order chi connectivity index (χ0) is 32.6. The van der Waals surface area contributed by atoms with Crippen LogP contribution in [0.25, 0.3) is 0 Å². The summed E-state index contributed by atoms with van der Waals surface area (Å²) in [4.78, 5) is 28.4. The van der Waals surface area contributed by atoms with Crippen LogP contribution in [-0.4, -0.2) is 36.8 Å². The van der Waals surface area contributed by atoms with Gasteiger partial charge >= 0.3 is 30.7 Å². The molecule has 2 aromatic rings. The summed E-state index contributed by atoms with van der Waals surface area (Å²) in [5.74, 6) is -0.128. The predicted octanol–water partition coefficient (Wildman–Crippen LogP) is 8.98. The smallest absolute Gasteiger partial charge is 0.416 e. The van der Waals surface area contributed by atoms with Gasteiger partial charge < -0.3 is 9.47 Å². The average molecular weight is 641 g/mol. The van der Waals surface area contributed by atoms with Crippen LogP contribution in [-0.2, 0) is 34.5 Å². The number of hydrogen-bond acceptors (Lipinski definition) is 4. The van der Waals surface area contributed by atoms with E-state index in [0.29, 0.717) is 37.8 Å². The Balaban J connectivity index is 1.86. The van der Waals surface area contributed by atoms with Crippen LogP contribution in [0.15, 0.2) is 36.4 Å². The van der Waals surface area contributed by atoms with E-state index >= 15 is 0 Å². The highest BCUT2D eigenvalue weighted by molar-refractivity contribution is 5.91. The number of hydrogen-bond donors (Lipinski definition) is 0. The van der Waals surface area contributed by atoms with Crippen molar-refractivity contribution in [1.29, 1.82) is 0 Å². The van der Waals surface area contributed by atoms with Crippen molar-refractivity contribution in [3.63, 3.8) is 0 Å². The summed E-state index contributed by atoms with van der Waals surface area (Å²) in [6, 6.07) is 1.35. The number of carbonyl (C=O) groups excluding carboxylic acids is 2. The molecule has 4 rings (SSSR count). The Hall–Kier alpha value is -3.65. The second-order valence-corrected chi connectivity index (χ2v) is 10.8. The predicted molar refractivity (Wildman–Crippen MR) is 138 cm³/mol. The van der Waals surface area contributed by atoms with Crippen molar-refractivity contribution < 1.29 is 58.6 Å². The fourth-order valence-corrected chi connectivity index (χ4v) is 5.37. The van der Waals surface area contributed by atoms with Gasteiger partial charge in [-0.3, -0.25) is 9.80 Å². The summed E-state index contributed by atoms with van der Waals surface area (Å²) >= 11 is 0. The van der Waals surface area contributed by atoms with Crippen LogP contribution < -0.4 is 4.90 Å². The molecule has 0 bridgehead atoms. The second kappa shape index (κ2) is 12.4.